The summed E-state index contributed by atoms with van der Waals surface area (Å²) in [5.41, 5.74) is 4.74. The molecule has 3 N–H and O–H groups in total. The smallest absolute Gasteiger partial charge is 0.250 e. The molecule has 2 aromatic carbocycles. The summed E-state index contributed by atoms with van der Waals surface area (Å²) in [5.74, 6) is 0.812. The first kappa shape index (κ1) is 24.7. The number of nitrogens with one attached hydrogen (secondary N) is 2. The van der Waals surface area contributed by atoms with Gasteiger partial charge in [0.05, 0.1) is 30.1 Å². The van der Waals surface area contributed by atoms with Crippen molar-refractivity contribution in [1.82, 2.24) is 15.0 Å². The number of rotatable bonds is 6. The first-order valence-corrected chi connectivity index (χ1v) is 12.0. The number of benzene rings is 2. The molecule has 0 spiro atoms. The summed E-state index contributed by atoms with van der Waals surface area (Å²) < 4.78 is 6.24. The van der Waals surface area contributed by atoms with Gasteiger partial charge in [-0.2, -0.15) is 20.1 Å². The van der Waals surface area contributed by atoms with E-state index in [0.29, 0.717) is 59.5 Å². The highest BCUT2D eigenvalue weighted by molar-refractivity contribution is 9.10. The predicted molar refractivity (Wildman–Crippen MR) is 139 cm³/mol. The lowest BCUT2D eigenvalue weighted by Crippen LogP contribution is -2.37. The highest BCUT2D eigenvalue weighted by Gasteiger charge is 2.17. The van der Waals surface area contributed by atoms with Crippen LogP contribution in [0.25, 0.3) is 0 Å². The number of hydrogen-bond acceptors (Lipinski definition) is 9. The molecule has 1 aliphatic heterocycles. The fourth-order valence-corrected chi connectivity index (χ4v) is 4.31. The van der Waals surface area contributed by atoms with Crippen LogP contribution in [-0.4, -0.2) is 52.6 Å². The van der Waals surface area contributed by atoms with Crippen molar-refractivity contribution in [3.05, 3.63) is 54.9 Å². The van der Waals surface area contributed by atoms with Crippen LogP contribution in [0.3, 0.4) is 0 Å². The van der Waals surface area contributed by atoms with E-state index < -0.39 is 0 Å². The summed E-state index contributed by atoms with van der Waals surface area (Å²) >= 11 is 21.8. The third-order valence-electron chi connectivity index (χ3n) is 4.84. The summed E-state index contributed by atoms with van der Waals surface area (Å²) in [6.07, 6.45) is 1.37. The van der Waals surface area contributed by atoms with Crippen LogP contribution >= 0.6 is 50.7 Å². The van der Waals surface area contributed by atoms with Crippen LogP contribution in [0.5, 0.6) is 5.75 Å². The minimum Gasteiger partial charge on any atom is -0.506 e. The molecule has 0 radical (unpaired) electrons. The van der Waals surface area contributed by atoms with Gasteiger partial charge < -0.3 is 20.1 Å². The number of phenolic OH excluding ortho intramolecular Hbond substituents is 1. The zero-order valence-corrected chi connectivity index (χ0v) is 21.7. The van der Waals surface area contributed by atoms with E-state index in [1.807, 2.05) is 17.9 Å². The fraction of sp³-hybridized carbons (Fsp3) is 0.238. The fourth-order valence-electron chi connectivity index (χ4n) is 3.08. The molecular formula is C21H19BrCl3N7O2. The van der Waals surface area contributed by atoms with E-state index >= 15 is 0 Å². The predicted octanol–water partition coefficient (Wildman–Crippen LogP) is 5.63. The number of hydrazone groups is 1. The van der Waals surface area contributed by atoms with Gasteiger partial charge in [0.1, 0.15) is 5.75 Å². The van der Waals surface area contributed by atoms with Crippen LogP contribution in [0.1, 0.15) is 11.1 Å². The summed E-state index contributed by atoms with van der Waals surface area (Å²) in [5, 5.41) is 18.5. The summed E-state index contributed by atoms with van der Waals surface area (Å²) in [6.45, 7) is 4.34. The highest BCUT2D eigenvalue weighted by atomic mass is 79.9. The maximum Gasteiger partial charge on any atom is 0.250 e. The van der Waals surface area contributed by atoms with Crippen molar-refractivity contribution in [3.8, 4) is 5.75 Å². The van der Waals surface area contributed by atoms with Gasteiger partial charge in [0.2, 0.25) is 17.8 Å². The Morgan fingerprint density at radius 2 is 1.79 bits per heavy atom. The maximum absolute atomic E-state index is 10.1. The molecule has 13 heteroatoms. The van der Waals surface area contributed by atoms with Gasteiger partial charge in [-0.1, -0.05) is 34.8 Å². The molecule has 0 atom stereocenters. The molecule has 0 bridgehead atoms. The number of phenols is 1. The van der Waals surface area contributed by atoms with Gasteiger partial charge in [-0.15, -0.1) is 0 Å². The molecule has 0 amide bonds. The maximum atomic E-state index is 10.1. The molecule has 4 rings (SSSR count). The number of morpholine rings is 1. The van der Waals surface area contributed by atoms with Crippen molar-refractivity contribution in [2.45, 2.75) is 6.92 Å². The Morgan fingerprint density at radius 3 is 2.56 bits per heavy atom. The molecule has 1 aromatic heterocycles. The lowest BCUT2D eigenvalue weighted by Gasteiger charge is -2.27. The van der Waals surface area contributed by atoms with Crippen molar-refractivity contribution in [1.29, 1.82) is 0 Å². The van der Waals surface area contributed by atoms with Crippen molar-refractivity contribution in [3.63, 3.8) is 0 Å². The van der Waals surface area contributed by atoms with Crippen molar-refractivity contribution < 1.29 is 9.84 Å². The Hall–Kier alpha value is -2.37. The third-order valence-corrected chi connectivity index (χ3v) is 6.41. The molecule has 0 saturated carbocycles. The quantitative estimate of drug-likeness (QED) is 0.252. The van der Waals surface area contributed by atoms with Gasteiger partial charge in [0.25, 0.3) is 0 Å². The zero-order valence-electron chi connectivity index (χ0n) is 17.8. The molecule has 3 aromatic rings. The van der Waals surface area contributed by atoms with Crippen molar-refractivity contribution >= 4 is 80.5 Å². The standard InChI is InChI=1S/C21H19BrCl3N7O2/c1-11-6-14(22)17(9-15(11)24)27-19-28-20(30-21(29-19)32-2-4-34-5-3-32)31-26-10-12-7-13(23)8-16(25)18(12)33/h6-10,33H,2-5H2,1H3,(H2,27,28,29,30,31)/b26-10-. The Labute approximate surface area is 219 Å². The van der Waals surface area contributed by atoms with Crippen LogP contribution in [0.15, 0.2) is 33.8 Å². The Bertz CT molecular complexity index is 1240. The van der Waals surface area contributed by atoms with E-state index in [1.54, 1.807) is 6.07 Å². The van der Waals surface area contributed by atoms with E-state index in [2.05, 4.69) is 46.7 Å². The molecule has 1 saturated heterocycles. The highest BCUT2D eigenvalue weighted by Crippen LogP contribution is 2.32. The third kappa shape index (κ3) is 6.00. The lowest BCUT2D eigenvalue weighted by molar-refractivity contribution is 0.122. The van der Waals surface area contributed by atoms with Crippen molar-refractivity contribution in [2.75, 3.05) is 41.9 Å². The molecular weight excluding hydrogens is 569 g/mol. The van der Waals surface area contributed by atoms with Gasteiger partial charge >= 0.3 is 0 Å². The monoisotopic (exact) mass is 585 g/mol. The largest absolute Gasteiger partial charge is 0.506 e. The lowest BCUT2D eigenvalue weighted by atomic mass is 10.2. The minimum atomic E-state index is -0.135. The van der Waals surface area contributed by atoms with Gasteiger partial charge in [-0.3, -0.25) is 0 Å². The molecule has 178 valence electrons. The second kappa shape index (κ2) is 10.9. The van der Waals surface area contributed by atoms with E-state index in [-0.39, 0.29) is 16.7 Å². The number of aromatic hydroxyl groups is 1. The summed E-state index contributed by atoms with van der Waals surface area (Å²) in [6, 6.07) is 6.67. The number of halogens is 4. The molecule has 34 heavy (non-hydrogen) atoms. The van der Waals surface area contributed by atoms with E-state index in [1.165, 1.54) is 18.3 Å². The number of nitrogens with zero attached hydrogens (tertiary/aromatic N) is 5. The van der Waals surface area contributed by atoms with E-state index in [9.17, 15) is 5.11 Å². The molecule has 0 aliphatic carbocycles. The SMILES string of the molecule is Cc1cc(Br)c(Nc2nc(N/N=C\c3cc(Cl)cc(Cl)c3O)nc(N3CCOCC3)n2)cc1Cl. The molecule has 1 aliphatic rings. The molecule has 1 fully saturated rings. The molecule has 2 heterocycles. The number of aromatic nitrogens is 3. The normalized spacial score (nSPS) is 14.0. The second-order valence-corrected chi connectivity index (χ2v) is 9.39. The number of aryl methyl sites for hydroxylation is 1. The number of ether oxygens (including phenoxy) is 1. The van der Waals surface area contributed by atoms with E-state index in [4.69, 9.17) is 39.5 Å². The Kier molecular flexibility index (Phi) is 7.95. The van der Waals surface area contributed by atoms with Gasteiger partial charge in [0, 0.05) is 33.2 Å². The topological polar surface area (TPSA) is 108 Å². The van der Waals surface area contributed by atoms with Crippen LogP contribution < -0.4 is 15.6 Å². The molecule has 0 unspecified atom stereocenters. The van der Waals surface area contributed by atoms with Gasteiger partial charge in [-0.05, 0) is 52.7 Å². The van der Waals surface area contributed by atoms with Crippen LogP contribution in [-0.2, 0) is 4.74 Å². The minimum absolute atomic E-state index is 0.123. The van der Waals surface area contributed by atoms with Crippen LogP contribution in [0, 0.1) is 6.92 Å². The number of anilines is 4. The summed E-state index contributed by atoms with van der Waals surface area (Å²) in [4.78, 5) is 15.4. The van der Waals surface area contributed by atoms with Crippen molar-refractivity contribution in [2.24, 2.45) is 5.10 Å². The van der Waals surface area contributed by atoms with Crippen LogP contribution in [0.2, 0.25) is 15.1 Å². The average molecular weight is 588 g/mol. The summed E-state index contributed by atoms with van der Waals surface area (Å²) in [7, 11) is 0. The number of hydrogen-bond donors (Lipinski definition) is 3. The van der Waals surface area contributed by atoms with E-state index in [0.717, 1.165) is 10.0 Å². The zero-order chi connectivity index (χ0) is 24.2. The molecule has 9 nitrogen and oxygen atoms in total. The average Bonchev–Trinajstić information content (AvgIpc) is 2.81. The Balaban J connectivity index is 1.63. The Morgan fingerprint density at radius 1 is 1.06 bits per heavy atom. The van der Waals surface area contributed by atoms with Gasteiger partial charge in [-0.25, -0.2) is 5.43 Å². The first-order valence-electron chi connectivity index (χ1n) is 10.1. The first-order chi connectivity index (χ1) is 16.3. The van der Waals surface area contributed by atoms with Crippen LogP contribution in [0.4, 0.5) is 23.5 Å². The van der Waals surface area contributed by atoms with Gasteiger partial charge in [0.15, 0.2) is 0 Å². The second-order valence-electron chi connectivity index (χ2n) is 7.28.